The molecule has 1 aliphatic heterocycles. The maximum atomic E-state index is 6.06. The molecule has 2 atom stereocenters. The third-order valence-corrected chi connectivity index (χ3v) is 4.28. The van der Waals surface area contributed by atoms with E-state index < -0.39 is 0 Å². The molecule has 2 aliphatic rings. The summed E-state index contributed by atoms with van der Waals surface area (Å²) in [5, 5.41) is 0. The molecule has 2 unspecified atom stereocenters. The molecule has 0 radical (unpaired) electrons. The molecule has 2 fully saturated rings. The molecule has 16 heavy (non-hydrogen) atoms. The van der Waals surface area contributed by atoms with Gasteiger partial charge in [-0.05, 0) is 30.7 Å². The highest BCUT2D eigenvalue weighted by Gasteiger charge is 2.35. The van der Waals surface area contributed by atoms with Crippen LogP contribution in [0.2, 0.25) is 0 Å². The molecule has 0 bridgehead atoms. The standard InChI is InChI=1S/C13H26N2O/c1-12-3-2-4-13(9-12,10-14)11-15-5-7-16-8-6-15/h12H,2-11,14H2,1H3. The van der Waals surface area contributed by atoms with E-state index in [2.05, 4.69) is 11.8 Å². The summed E-state index contributed by atoms with van der Waals surface area (Å²) in [5.41, 5.74) is 6.46. The third-order valence-electron chi connectivity index (χ3n) is 4.28. The molecule has 0 amide bonds. The summed E-state index contributed by atoms with van der Waals surface area (Å²) >= 11 is 0. The van der Waals surface area contributed by atoms with Gasteiger partial charge in [0.15, 0.2) is 0 Å². The van der Waals surface area contributed by atoms with Gasteiger partial charge in [0.2, 0.25) is 0 Å². The van der Waals surface area contributed by atoms with E-state index in [0.29, 0.717) is 5.41 Å². The Bertz CT molecular complexity index is 216. The molecule has 1 aliphatic carbocycles. The van der Waals surface area contributed by atoms with E-state index in [9.17, 15) is 0 Å². The number of ether oxygens (including phenoxy) is 1. The molecule has 0 aromatic carbocycles. The van der Waals surface area contributed by atoms with Crippen LogP contribution in [0.4, 0.5) is 0 Å². The zero-order valence-corrected chi connectivity index (χ0v) is 10.6. The highest BCUT2D eigenvalue weighted by Crippen LogP contribution is 2.39. The van der Waals surface area contributed by atoms with Crippen LogP contribution in [-0.4, -0.2) is 44.3 Å². The third kappa shape index (κ3) is 2.96. The number of nitrogens with two attached hydrogens (primary N) is 1. The van der Waals surface area contributed by atoms with Crippen LogP contribution in [0.1, 0.15) is 32.6 Å². The van der Waals surface area contributed by atoms with Crippen molar-refractivity contribution in [3.05, 3.63) is 0 Å². The van der Waals surface area contributed by atoms with Crippen molar-refractivity contribution in [1.29, 1.82) is 0 Å². The van der Waals surface area contributed by atoms with Gasteiger partial charge in [-0.25, -0.2) is 0 Å². The maximum absolute atomic E-state index is 6.06. The minimum atomic E-state index is 0.398. The molecule has 1 heterocycles. The van der Waals surface area contributed by atoms with E-state index in [-0.39, 0.29) is 0 Å². The molecule has 0 spiro atoms. The van der Waals surface area contributed by atoms with Crippen molar-refractivity contribution in [2.75, 3.05) is 39.4 Å². The first-order valence-electron chi connectivity index (χ1n) is 6.74. The minimum Gasteiger partial charge on any atom is -0.379 e. The van der Waals surface area contributed by atoms with Crippen molar-refractivity contribution < 1.29 is 4.74 Å². The number of nitrogens with zero attached hydrogens (tertiary/aromatic N) is 1. The van der Waals surface area contributed by atoms with Crippen molar-refractivity contribution in [2.24, 2.45) is 17.1 Å². The van der Waals surface area contributed by atoms with Gasteiger partial charge in [-0.2, -0.15) is 0 Å². The SMILES string of the molecule is CC1CCCC(CN)(CN2CCOCC2)C1. The van der Waals surface area contributed by atoms with Crippen LogP contribution >= 0.6 is 0 Å². The normalized spacial score (nSPS) is 37.5. The molecule has 0 aromatic rings. The van der Waals surface area contributed by atoms with Crippen LogP contribution in [0.3, 0.4) is 0 Å². The van der Waals surface area contributed by atoms with Gasteiger partial charge in [0, 0.05) is 19.6 Å². The van der Waals surface area contributed by atoms with Gasteiger partial charge < -0.3 is 10.5 Å². The molecular formula is C13H26N2O. The second kappa shape index (κ2) is 5.48. The fourth-order valence-electron chi connectivity index (χ4n) is 3.40. The summed E-state index contributed by atoms with van der Waals surface area (Å²) in [6.07, 6.45) is 5.40. The van der Waals surface area contributed by atoms with Gasteiger partial charge >= 0.3 is 0 Å². The Balaban J connectivity index is 1.91. The molecule has 3 heteroatoms. The van der Waals surface area contributed by atoms with Crippen molar-refractivity contribution in [3.8, 4) is 0 Å². The predicted octanol–water partition coefficient (Wildman–Crippen LogP) is 1.47. The first-order valence-corrected chi connectivity index (χ1v) is 6.74. The van der Waals surface area contributed by atoms with E-state index in [1.165, 1.54) is 32.2 Å². The maximum Gasteiger partial charge on any atom is 0.0594 e. The van der Waals surface area contributed by atoms with Gasteiger partial charge in [0.05, 0.1) is 13.2 Å². The number of hydrogen-bond donors (Lipinski definition) is 1. The fraction of sp³-hybridized carbons (Fsp3) is 1.00. The molecule has 2 N–H and O–H groups in total. The lowest BCUT2D eigenvalue weighted by molar-refractivity contribution is 0.00437. The summed E-state index contributed by atoms with van der Waals surface area (Å²) in [5.74, 6) is 0.860. The van der Waals surface area contributed by atoms with E-state index in [1.54, 1.807) is 0 Å². The van der Waals surface area contributed by atoms with Crippen LogP contribution in [-0.2, 0) is 4.74 Å². The minimum absolute atomic E-state index is 0.398. The predicted molar refractivity (Wildman–Crippen MR) is 66.4 cm³/mol. The lowest BCUT2D eigenvalue weighted by Crippen LogP contribution is -2.48. The molecule has 94 valence electrons. The van der Waals surface area contributed by atoms with Gasteiger partial charge in [-0.15, -0.1) is 0 Å². The van der Waals surface area contributed by atoms with Crippen molar-refractivity contribution in [3.63, 3.8) is 0 Å². The summed E-state index contributed by atoms with van der Waals surface area (Å²) in [7, 11) is 0. The molecule has 1 saturated heterocycles. The summed E-state index contributed by atoms with van der Waals surface area (Å²) in [6, 6.07) is 0. The van der Waals surface area contributed by atoms with Crippen molar-refractivity contribution in [2.45, 2.75) is 32.6 Å². The summed E-state index contributed by atoms with van der Waals surface area (Å²) in [4.78, 5) is 2.55. The largest absolute Gasteiger partial charge is 0.379 e. The van der Waals surface area contributed by atoms with Crippen molar-refractivity contribution >= 4 is 0 Å². The quantitative estimate of drug-likeness (QED) is 0.792. The lowest BCUT2D eigenvalue weighted by Gasteiger charge is -2.43. The Morgan fingerprint density at radius 3 is 2.75 bits per heavy atom. The molecule has 0 aromatic heterocycles. The Hall–Kier alpha value is -0.120. The zero-order valence-electron chi connectivity index (χ0n) is 10.6. The summed E-state index contributed by atoms with van der Waals surface area (Å²) in [6.45, 7) is 8.41. The first-order chi connectivity index (χ1) is 7.74. The average molecular weight is 226 g/mol. The average Bonchev–Trinajstić information content (AvgIpc) is 2.30. The van der Waals surface area contributed by atoms with E-state index in [4.69, 9.17) is 10.5 Å². The zero-order chi connectivity index (χ0) is 11.4. The second-order valence-electron chi connectivity index (χ2n) is 5.79. The van der Waals surface area contributed by atoms with Crippen molar-refractivity contribution in [1.82, 2.24) is 4.90 Å². The fourth-order valence-corrected chi connectivity index (χ4v) is 3.40. The Morgan fingerprint density at radius 2 is 2.12 bits per heavy atom. The Kier molecular flexibility index (Phi) is 4.22. The Morgan fingerprint density at radius 1 is 1.38 bits per heavy atom. The molecule has 1 saturated carbocycles. The Labute approximate surface area is 99.3 Å². The lowest BCUT2D eigenvalue weighted by atomic mass is 9.69. The molecule has 2 rings (SSSR count). The number of hydrogen-bond acceptors (Lipinski definition) is 3. The topological polar surface area (TPSA) is 38.5 Å². The van der Waals surface area contributed by atoms with E-state index in [0.717, 1.165) is 38.8 Å². The smallest absolute Gasteiger partial charge is 0.0594 e. The number of morpholine rings is 1. The van der Waals surface area contributed by atoms with Crippen LogP contribution < -0.4 is 5.73 Å². The molecule has 3 nitrogen and oxygen atoms in total. The van der Waals surface area contributed by atoms with Gasteiger partial charge in [-0.3, -0.25) is 4.90 Å². The van der Waals surface area contributed by atoms with Crippen LogP contribution in [0.25, 0.3) is 0 Å². The second-order valence-corrected chi connectivity index (χ2v) is 5.79. The van der Waals surface area contributed by atoms with Crippen LogP contribution in [0.5, 0.6) is 0 Å². The van der Waals surface area contributed by atoms with E-state index >= 15 is 0 Å². The van der Waals surface area contributed by atoms with Gasteiger partial charge in [-0.1, -0.05) is 19.8 Å². The number of rotatable bonds is 3. The first kappa shape index (κ1) is 12.3. The van der Waals surface area contributed by atoms with Crippen LogP contribution in [0.15, 0.2) is 0 Å². The highest BCUT2D eigenvalue weighted by atomic mass is 16.5. The highest BCUT2D eigenvalue weighted by molar-refractivity contribution is 4.89. The van der Waals surface area contributed by atoms with E-state index in [1.807, 2.05) is 0 Å². The van der Waals surface area contributed by atoms with Gasteiger partial charge in [0.1, 0.15) is 0 Å². The van der Waals surface area contributed by atoms with Gasteiger partial charge in [0.25, 0.3) is 0 Å². The van der Waals surface area contributed by atoms with Crippen LogP contribution in [0, 0.1) is 11.3 Å². The monoisotopic (exact) mass is 226 g/mol. The molecular weight excluding hydrogens is 200 g/mol. The summed E-state index contributed by atoms with van der Waals surface area (Å²) < 4.78 is 5.40.